The molecule has 0 radical (unpaired) electrons. The van der Waals surface area contributed by atoms with E-state index >= 15 is 0 Å². The molecule has 26 heteroatoms. The molecular weight excluding hydrogens is 1350 g/mol. The van der Waals surface area contributed by atoms with Crippen LogP contribution in [-0.2, 0) is 52.3 Å². The predicted molar refractivity (Wildman–Crippen MR) is 399 cm³/mol. The van der Waals surface area contributed by atoms with Crippen molar-refractivity contribution in [3.8, 4) is 34.3 Å². The third-order valence-corrected chi connectivity index (χ3v) is 21.6. The topological polar surface area (TPSA) is 303 Å². The van der Waals surface area contributed by atoms with Crippen LogP contribution >= 0.6 is 0 Å². The van der Waals surface area contributed by atoms with Crippen molar-refractivity contribution < 1.29 is 50.1 Å². The number of anilines is 4. The molecule has 4 aromatic heterocycles. The van der Waals surface area contributed by atoms with Gasteiger partial charge >= 0.3 is 34.5 Å². The Hall–Kier alpha value is -9.46. The Kier molecular flexibility index (Phi) is 24.6. The summed E-state index contributed by atoms with van der Waals surface area (Å²) in [6.45, 7) is 27.6. The number of hydrogen-bond acceptors (Lipinski definition) is 15. The Morgan fingerprint density at radius 1 is 0.631 bits per heavy atom. The molecule has 2 atom stereocenters. The molecule has 12 rings (SSSR count). The molecule has 0 spiro atoms. The Labute approximate surface area is 607 Å². The van der Waals surface area contributed by atoms with Gasteiger partial charge in [0.2, 0.25) is 5.91 Å². The number of aryl methyl sites for hydroxylation is 5. The second-order valence-corrected chi connectivity index (χ2v) is 30.3. The molecule has 546 valence electrons. The molecule has 3 fully saturated rings. The van der Waals surface area contributed by atoms with Gasteiger partial charge in [0.25, 0.3) is 17.2 Å². The summed E-state index contributed by atoms with van der Waals surface area (Å²) in [5.74, 6) is 0.190. The zero-order chi connectivity index (χ0) is 74.0. The van der Waals surface area contributed by atoms with Crippen LogP contribution in [-0.4, -0.2) is 110 Å². The minimum atomic E-state index is -2.12. The average Bonchev–Trinajstić information content (AvgIpc) is 1.63. The van der Waals surface area contributed by atoms with Crippen LogP contribution in [0.2, 0.25) is 0 Å². The summed E-state index contributed by atoms with van der Waals surface area (Å²) >= 11 is -4.03. The average molecular weight is 1440 g/mol. The molecule has 3 aliphatic carbocycles. The van der Waals surface area contributed by atoms with Crippen molar-refractivity contribution >= 4 is 80.3 Å². The van der Waals surface area contributed by atoms with E-state index < -0.39 is 34.5 Å². The molecule has 4 heterocycles. The SMILES string of the molecule is COC(=O)c1ccc(C(=O)OC)c(OS(=O)Nc2ccc(Nc3c(C)cc(C)c(-c4nnc5cc(C6(C)CCCCC6)[nH]n45)c3C)c(C)c2)c1.Cc1cc(C)c(-c2nnc3cc(C(C)(C)C)[nH]n23)c(C)c1NC(=O)CCNS(=O)Oc1cccc(C(=O)N(C2CCCCC2)C2CCCCC2)c1.[C-]#[O+]. The zero-order valence-electron chi connectivity index (χ0n) is 61.2. The summed E-state index contributed by atoms with van der Waals surface area (Å²) in [5.41, 5.74) is 16.5. The second-order valence-electron chi connectivity index (χ2n) is 28.5. The van der Waals surface area contributed by atoms with Crippen molar-refractivity contribution in [3.05, 3.63) is 159 Å². The van der Waals surface area contributed by atoms with Crippen molar-refractivity contribution in [1.82, 2.24) is 49.2 Å². The third kappa shape index (κ3) is 17.4. The van der Waals surface area contributed by atoms with Crippen LogP contribution in [0.5, 0.6) is 11.5 Å². The fourth-order valence-electron chi connectivity index (χ4n) is 14.7. The number of fused-ring (bicyclic) bond motifs is 2. The Morgan fingerprint density at radius 2 is 1.21 bits per heavy atom. The number of carbonyl (C=O) groups is 4. The number of amides is 2. The second kappa shape index (κ2) is 33.3. The molecule has 0 bridgehead atoms. The Bertz CT molecular complexity index is 4640. The number of ether oxygens (including phenoxy) is 2. The van der Waals surface area contributed by atoms with Crippen LogP contribution in [0, 0.1) is 55.1 Å². The third-order valence-electron chi connectivity index (χ3n) is 20.1. The van der Waals surface area contributed by atoms with Gasteiger partial charge in [-0.15, -0.1) is 20.4 Å². The van der Waals surface area contributed by atoms with Crippen molar-refractivity contribution in [2.24, 2.45) is 0 Å². The van der Waals surface area contributed by atoms with Gasteiger partial charge < -0.3 is 33.4 Å². The van der Waals surface area contributed by atoms with E-state index in [1.54, 1.807) is 24.3 Å². The first kappa shape index (κ1) is 76.2. The first-order valence-electron chi connectivity index (χ1n) is 35.3. The van der Waals surface area contributed by atoms with E-state index in [-0.39, 0.29) is 64.6 Å². The molecule has 3 aliphatic rings. The maximum absolute atomic E-state index is 14.0. The summed E-state index contributed by atoms with van der Waals surface area (Å²) < 4.78 is 63.7. The molecule has 103 heavy (non-hydrogen) atoms. The fraction of sp³-hybridized carbons (Fsp3) is 0.442. The summed E-state index contributed by atoms with van der Waals surface area (Å²) in [6, 6.07) is 25.4. The number of benzene rings is 5. The van der Waals surface area contributed by atoms with Crippen molar-refractivity contribution in [2.45, 2.75) is 202 Å². The van der Waals surface area contributed by atoms with Gasteiger partial charge in [0.05, 0.1) is 19.8 Å². The number of aromatic nitrogens is 8. The van der Waals surface area contributed by atoms with Gasteiger partial charge in [-0.2, -0.15) is 8.42 Å². The monoisotopic (exact) mass is 1440 g/mol. The predicted octanol–water partition coefficient (Wildman–Crippen LogP) is 15.2. The van der Waals surface area contributed by atoms with E-state index in [0.29, 0.717) is 28.5 Å². The quantitative estimate of drug-likeness (QED) is 0.0221. The van der Waals surface area contributed by atoms with Gasteiger partial charge in [0, 0.05) is 98.8 Å². The van der Waals surface area contributed by atoms with Gasteiger partial charge in [-0.05, 0) is 181 Å². The molecule has 0 aliphatic heterocycles. The minimum absolute atomic E-state index is 0.0105. The van der Waals surface area contributed by atoms with E-state index in [2.05, 4.69) is 123 Å². The van der Waals surface area contributed by atoms with Gasteiger partial charge in [-0.3, -0.25) is 24.5 Å². The number of hydrogen-bond donors (Lipinski definition) is 6. The van der Waals surface area contributed by atoms with Crippen LogP contribution in [0.3, 0.4) is 0 Å². The zero-order valence-corrected chi connectivity index (χ0v) is 62.8. The van der Waals surface area contributed by atoms with Gasteiger partial charge in [-0.25, -0.2) is 23.3 Å². The molecular formula is C77H95N13O11S2. The number of carbonyl (C=O) groups excluding carboxylic acids is 4. The van der Waals surface area contributed by atoms with Crippen LogP contribution in [0.1, 0.15) is 212 Å². The van der Waals surface area contributed by atoms with Crippen LogP contribution < -0.4 is 28.4 Å². The van der Waals surface area contributed by atoms with E-state index in [1.165, 1.54) is 70.2 Å². The molecule has 0 saturated heterocycles. The van der Waals surface area contributed by atoms with E-state index in [0.717, 1.165) is 148 Å². The summed E-state index contributed by atoms with van der Waals surface area (Å²) in [6.07, 6.45) is 17.5. The molecule has 5 aromatic carbocycles. The number of nitrogens with one attached hydrogen (secondary N) is 6. The first-order chi connectivity index (χ1) is 49.3. The molecule has 9 aromatic rings. The van der Waals surface area contributed by atoms with Crippen LogP contribution in [0.15, 0.2) is 84.9 Å². The van der Waals surface area contributed by atoms with Crippen LogP contribution in [0.4, 0.5) is 22.7 Å². The molecule has 24 nitrogen and oxygen atoms in total. The standard InChI is InChI=1S/C39H53N7O4S.C37H42N6O6S.CO/c1-25-22-26(2)36(27(3)35(25)37-43-42-33-24-32(39(4,5)6)44-46(33)37)41-34(47)20-21-40-51(49)50-31-19-13-14-28(23-31)38(48)45(29-15-9-7-10-16-29)30-17-11-8-12-18-30;1-21-18-26(42-50(46)49-29-19-25(35(44)47-6)11-13-27(29)36(45)48-7)12-14-28(21)38-33-23(3)17-22(2)32(24(33)4)34-40-39-31-20-30(41-43(31)34)37(5)15-9-8-10-16-37;1-2/h13-14,19,22-24,29-30,40,44H,7-12,15-18,20-21H2,1-6H3,(H,41,47);11-14,17-20,38,41-42H,8-10,15-16H2,1-7H3;. The first-order valence-corrected chi connectivity index (χ1v) is 37.4. The normalized spacial score (nSPS) is 15.4. The Balaban J connectivity index is 0.000000216. The van der Waals surface area contributed by atoms with Gasteiger partial charge in [0.15, 0.2) is 28.7 Å². The number of rotatable bonds is 21. The van der Waals surface area contributed by atoms with Crippen LogP contribution in [0.25, 0.3) is 34.1 Å². The van der Waals surface area contributed by atoms with E-state index in [4.69, 9.17) is 22.5 Å². The molecule has 3 saturated carbocycles. The summed E-state index contributed by atoms with van der Waals surface area (Å²) in [5, 5.41) is 31.8. The fourth-order valence-corrected chi connectivity index (χ4v) is 16.0. The van der Waals surface area contributed by atoms with Crippen molar-refractivity contribution in [1.29, 1.82) is 0 Å². The number of aromatic amines is 2. The van der Waals surface area contributed by atoms with Crippen molar-refractivity contribution in [2.75, 3.05) is 36.1 Å². The molecule has 6 N–H and O–H groups in total. The van der Waals surface area contributed by atoms with E-state index in [9.17, 15) is 27.6 Å². The number of H-pyrrole nitrogens is 2. The Morgan fingerprint density at radius 3 is 1.82 bits per heavy atom. The number of esters is 2. The molecule has 2 unspecified atom stereocenters. The maximum atomic E-state index is 14.0. The van der Waals surface area contributed by atoms with Gasteiger partial charge in [-0.1, -0.05) is 104 Å². The van der Waals surface area contributed by atoms with Gasteiger partial charge in [0.1, 0.15) is 11.3 Å². The number of nitrogens with zero attached hydrogens (tertiary/aromatic N) is 7. The summed E-state index contributed by atoms with van der Waals surface area (Å²) in [4.78, 5) is 53.6. The van der Waals surface area contributed by atoms with E-state index in [1.807, 2.05) is 67.1 Å². The number of methoxy groups -OCH3 is 2. The van der Waals surface area contributed by atoms with Crippen molar-refractivity contribution in [3.63, 3.8) is 0 Å². The summed E-state index contributed by atoms with van der Waals surface area (Å²) in [7, 11) is 2.46. The molecule has 2 amide bonds.